The molecule has 2 aliphatic heterocycles. The maximum atomic E-state index is 13.7. The minimum Gasteiger partial charge on any atom is -0.412 e. The fourth-order valence-corrected chi connectivity index (χ4v) is 10.3. The predicted molar refractivity (Wildman–Crippen MR) is 186 cm³/mol. The van der Waals surface area contributed by atoms with Gasteiger partial charge in [0.2, 0.25) is 10.0 Å². The molecule has 5 rings (SSSR count). The Kier molecular flexibility index (Phi) is 8.48. The molecule has 1 atom stereocenters. The van der Waals surface area contributed by atoms with Crippen molar-refractivity contribution in [1.82, 2.24) is 9.29 Å². The lowest BCUT2D eigenvalue weighted by Gasteiger charge is -2.38. The standard InChI is InChI=1S/C33H48ClN3O3S2Si/c1-31(2,3)42(38,39)37-20-24(19-33(37,7)8)36-15-11-12-22-16-23(34)17-27(29(22)36)26-13-14-35-28-18-25(41-30(26)28)21-40-43(9,10)32(4,5)6/h13-14,16-18,24H,11-12,15,19-21H2,1-10H3. The number of benzene rings is 1. The number of hydrogen-bond acceptors (Lipinski definition) is 6. The molecule has 2 aromatic heterocycles. The van der Waals surface area contributed by atoms with Crippen molar-refractivity contribution in [2.24, 2.45) is 0 Å². The number of aryl methyl sites for hydroxylation is 1. The van der Waals surface area contributed by atoms with Crippen LogP contribution in [-0.2, 0) is 27.5 Å². The molecule has 43 heavy (non-hydrogen) atoms. The monoisotopic (exact) mass is 661 g/mol. The number of sulfonamides is 1. The van der Waals surface area contributed by atoms with Crippen LogP contribution in [0.1, 0.15) is 78.7 Å². The van der Waals surface area contributed by atoms with Gasteiger partial charge in [-0.05, 0) is 102 Å². The number of rotatable bonds is 6. The van der Waals surface area contributed by atoms with Crippen molar-refractivity contribution in [3.63, 3.8) is 0 Å². The van der Waals surface area contributed by atoms with Crippen LogP contribution in [0.4, 0.5) is 5.69 Å². The van der Waals surface area contributed by atoms with Gasteiger partial charge < -0.3 is 9.33 Å². The number of halogens is 1. The van der Waals surface area contributed by atoms with E-state index >= 15 is 0 Å². The van der Waals surface area contributed by atoms with Crippen molar-refractivity contribution >= 4 is 57.2 Å². The lowest BCUT2D eigenvalue weighted by Crippen LogP contribution is -2.50. The lowest BCUT2D eigenvalue weighted by atomic mass is 9.91. The van der Waals surface area contributed by atoms with Crippen LogP contribution in [0.3, 0.4) is 0 Å². The number of hydrogen-bond donors (Lipinski definition) is 0. The summed E-state index contributed by atoms with van der Waals surface area (Å²) in [6.07, 6.45) is 4.61. The van der Waals surface area contributed by atoms with E-state index in [1.54, 1.807) is 36.4 Å². The van der Waals surface area contributed by atoms with Crippen LogP contribution in [0.15, 0.2) is 30.5 Å². The number of thiophene rings is 1. The van der Waals surface area contributed by atoms with Crippen LogP contribution in [-0.4, -0.2) is 55.4 Å². The van der Waals surface area contributed by atoms with Gasteiger partial charge in [-0.3, -0.25) is 4.98 Å². The lowest BCUT2D eigenvalue weighted by molar-refractivity contribution is 0.279. The van der Waals surface area contributed by atoms with E-state index < -0.39 is 28.6 Å². The highest BCUT2D eigenvalue weighted by Gasteiger charge is 2.50. The van der Waals surface area contributed by atoms with Crippen molar-refractivity contribution in [3.05, 3.63) is 45.9 Å². The van der Waals surface area contributed by atoms with Gasteiger partial charge in [0, 0.05) is 57.6 Å². The molecule has 1 fully saturated rings. The number of anilines is 1. The molecule has 0 N–H and O–H groups in total. The van der Waals surface area contributed by atoms with Crippen LogP contribution < -0.4 is 4.90 Å². The Balaban J connectivity index is 1.56. The Hall–Kier alpha value is -1.49. The van der Waals surface area contributed by atoms with E-state index in [9.17, 15) is 8.42 Å². The second-order valence-corrected chi connectivity index (χ2v) is 24.4. The zero-order valence-corrected chi connectivity index (χ0v) is 30.9. The van der Waals surface area contributed by atoms with Crippen molar-refractivity contribution in [3.8, 4) is 11.1 Å². The van der Waals surface area contributed by atoms with Crippen molar-refractivity contribution in [2.45, 2.75) is 116 Å². The summed E-state index contributed by atoms with van der Waals surface area (Å²) in [5.74, 6) is 0. The van der Waals surface area contributed by atoms with Gasteiger partial charge in [-0.2, -0.15) is 4.31 Å². The maximum absolute atomic E-state index is 13.7. The number of aromatic nitrogens is 1. The quantitative estimate of drug-likeness (QED) is 0.247. The van der Waals surface area contributed by atoms with Crippen molar-refractivity contribution in [2.75, 3.05) is 18.0 Å². The summed E-state index contributed by atoms with van der Waals surface area (Å²) < 4.78 is 35.9. The third-order valence-electron chi connectivity index (χ3n) is 9.71. The zero-order chi connectivity index (χ0) is 31.8. The Morgan fingerprint density at radius 3 is 2.47 bits per heavy atom. The van der Waals surface area contributed by atoms with Gasteiger partial charge in [0.05, 0.1) is 21.6 Å². The van der Waals surface area contributed by atoms with Gasteiger partial charge in [0.25, 0.3) is 0 Å². The predicted octanol–water partition coefficient (Wildman–Crippen LogP) is 8.87. The molecule has 0 bridgehead atoms. The molecule has 2 aliphatic rings. The highest BCUT2D eigenvalue weighted by Crippen LogP contribution is 2.47. The van der Waals surface area contributed by atoms with Gasteiger partial charge in [-0.15, -0.1) is 11.3 Å². The fourth-order valence-electron chi connectivity index (χ4n) is 6.19. The van der Waals surface area contributed by atoms with Crippen LogP contribution in [0.5, 0.6) is 0 Å². The summed E-state index contributed by atoms with van der Waals surface area (Å²) in [5.41, 5.74) is 5.13. The minimum atomic E-state index is -3.48. The van der Waals surface area contributed by atoms with E-state index in [-0.39, 0.29) is 11.1 Å². The summed E-state index contributed by atoms with van der Waals surface area (Å²) >= 11 is 8.53. The average molecular weight is 662 g/mol. The van der Waals surface area contributed by atoms with Gasteiger partial charge in [0.15, 0.2) is 8.32 Å². The SMILES string of the molecule is CC1(C)CC(N2CCCc3cc(Cl)cc(-c4ccnc5cc(CO[Si](C)(C)C(C)(C)C)sc45)c32)CN1S(=O)(=O)C(C)(C)C. The van der Waals surface area contributed by atoms with E-state index in [1.807, 2.05) is 6.20 Å². The third-order valence-corrected chi connectivity index (χ3v) is 18.3. The molecule has 0 aliphatic carbocycles. The second kappa shape index (κ2) is 11.1. The first kappa shape index (κ1) is 32.9. The molecule has 1 aromatic carbocycles. The van der Waals surface area contributed by atoms with Crippen LogP contribution in [0.25, 0.3) is 21.3 Å². The van der Waals surface area contributed by atoms with Gasteiger partial charge in [0.1, 0.15) is 0 Å². The van der Waals surface area contributed by atoms with E-state index in [1.165, 1.54) is 16.1 Å². The van der Waals surface area contributed by atoms with E-state index in [0.717, 1.165) is 52.2 Å². The first-order chi connectivity index (χ1) is 19.7. The Labute approximate surface area is 269 Å². The summed E-state index contributed by atoms with van der Waals surface area (Å²) in [5, 5.41) is 0.870. The van der Waals surface area contributed by atoms with Crippen LogP contribution >= 0.6 is 22.9 Å². The van der Waals surface area contributed by atoms with Gasteiger partial charge in [-0.25, -0.2) is 8.42 Å². The van der Waals surface area contributed by atoms with E-state index in [4.69, 9.17) is 21.0 Å². The summed E-state index contributed by atoms with van der Waals surface area (Å²) in [6, 6.07) is 8.52. The molecule has 0 saturated carbocycles. The van der Waals surface area contributed by atoms with Crippen LogP contribution in [0.2, 0.25) is 23.2 Å². The summed E-state index contributed by atoms with van der Waals surface area (Å²) in [4.78, 5) is 8.39. The molecular formula is C33H48ClN3O3S2Si. The first-order valence-corrected chi connectivity index (χ1v) is 20.9. The topological polar surface area (TPSA) is 62.7 Å². The highest BCUT2D eigenvalue weighted by molar-refractivity contribution is 7.90. The largest absolute Gasteiger partial charge is 0.412 e. The third kappa shape index (κ3) is 6.07. The van der Waals surface area contributed by atoms with Crippen LogP contribution in [0, 0.1) is 0 Å². The normalized spacial score (nSPS) is 20.2. The molecule has 0 radical (unpaired) electrons. The average Bonchev–Trinajstić information content (AvgIpc) is 3.45. The van der Waals surface area contributed by atoms with E-state index in [2.05, 4.69) is 76.9 Å². The number of nitrogens with zero attached hydrogens (tertiary/aromatic N) is 3. The molecular weight excluding hydrogens is 614 g/mol. The summed E-state index contributed by atoms with van der Waals surface area (Å²) in [6.45, 7) is 22.8. The van der Waals surface area contributed by atoms with Gasteiger partial charge >= 0.3 is 0 Å². The smallest absolute Gasteiger partial charge is 0.219 e. The molecule has 4 heterocycles. The molecule has 3 aromatic rings. The second-order valence-electron chi connectivity index (χ2n) is 15.4. The molecule has 10 heteroatoms. The molecule has 0 spiro atoms. The first-order valence-electron chi connectivity index (χ1n) is 15.4. The minimum absolute atomic E-state index is 0.0697. The fraction of sp³-hybridized carbons (Fsp3) is 0.606. The molecule has 6 nitrogen and oxygen atoms in total. The van der Waals surface area contributed by atoms with Gasteiger partial charge in [-0.1, -0.05) is 32.4 Å². The Morgan fingerprint density at radius 1 is 1.12 bits per heavy atom. The van der Waals surface area contributed by atoms with Crippen molar-refractivity contribution < 1.29 is 12.8 Å². The summed E-state index contributed by atoms with van der Waals surface area (Å²) in [7, 11) is -5.38. The number of fused-ring (bicyclic) bond motifs is 2. The molecule has 0 amide bonds. The zero-order valence-electron chi connectivity index (χ0n) is 27.5. The maximum Gasteiger partial charge on any atom is 0.219 e. The van der Waals surface area contributed by atoms with E-state index in [0.29, 0.717) is 13.2 Å². The van der Waals surface area contributed by atoms with Crippen molar-refractivity contribution in [1.29, 1.82) is 0 Å². The Morgan fingerprint density at radius 2 is 1.81 bits per heavy atom. The highest BCUT2D eigenvalue weighted by atomic mass is 35.5. The molecule has 236 valence electrons. The molecule has 1 unspecified atom stereocenters. The molecule has 1 saturated heterocycles. The Bertz CT molecular complexity index is 1640. The number of pyridine rings is 1.